The second-order valence-electron chi connectivity index (χ2n) is 7.26. The van der Waals surface area contributed by atoms with Crippen molar-refractivity contribution in [1.82, 2.24) is 4.98 Å². The van der Waals surface area contributed by atoms with Crippen molar-refractivity contribution in [3.05, 3.63) is 55.0 Å². The number of nitrogens with one attached hydrogen (secondary N) is 1. The average molecular weight is 536 g/mol. The number of halogens is 1. The van der Waals surface area contributed by atoms with Crippen molar-refractivity contribution < 1.29 is 23.7 Å². The number of nitrogens with two attached hydrogens (primary N) is 1. The van der Waals surface area contributed by atoms with Crippen molar-refractivity contribution in [3.8, 4) is 0 Å². The number of aryl methyl sites for hydroxylation is 1. The third kappa shape index (κ3) is 4.31. The SMILES string of the molecule is Cc1cc(I)ccc1Nc1c(C(=O)OCC2CC2)cc([N+](=O)[O-])c2nc(C(N)=O)oc12. The number of fused-ring (bicyclic) bond motifs is 1. The van der Waals surface area contributed by atoms with E-state index < -0.39 is 28.4 Å². The molecular weight excluding hydrogens is 519 g/mol. The number of hydrogen-bond acceptors (Lipinski definition) is 8. The number of carbonyl (C=O) groups is 2. The average Bonchev–Trinajstić information content (AvgIpc) is 3.43. The molecule has 0 atom stereocenters. The number of esters is 1. The number of benzene rings is 2. The van der Waals surface area contributed by atoms with Gasteiger partial charge in [0.05, 0.1) is 22.8 Å². The fourth-order valence-electron chi connectivity index (χ4n) is 3.05. The van der Waals surface area contributed by atoms with Gasteiger partial charge in [-0.25, -0.2) is 4.79 Å². The Morgan fingerprint density at radius 3 is 2.74 bits per heavy atom. The van der Waals surface area contributed by atoms with E-state index in [1.807, 2.05) is 19.1 Å². The first-order valence-corrected chi connectivity index (χ1v) is 10.4. The molecule has 1 aliphatic carbocycles. The first-order valence-electron chi connectivity index (χ1n) is 9.36. The third-order valence-corrected chi connectivity index (χ3v) is 5.54. The minimum Gasteiger partial charge on any atom is -0.462 e. The Hall–Kier alpha value is -3.22. The number of hydrogen-bond donors (Lipinski definition) is 2. The molecule has 1 fully saturated rings. The van der Waals surface area contributed by atoms with Gasteiger partial charge in [-0.15, -0.1) is 0 Å². The molecule has 1 saturated carbocycles. The van der Waals surface area contributed by atoms with E-state index in [-0.39, 0.29) is 29.0 Å². The number of nitro benzene ring substituents is 1. The monoisotopic (exact) mass is 536 g/mol. The van der Waals surface area contributed by atoms with E-state index in [0.717, 1.165) is 28.0 Å². The van der Waals surface area contributed by atoms with Crippen molar-refractivity contribution in [1.29, 1.82) is 0 Å². The summed E-state index contributed by atoms with van der Waals surface area (Å²) in [6.07, 6.45) is 1.95. The smallest absolute Gasteiger partial charge is 0.340 e. The van der Waals surface area contributed by atoms with E-state index in [1.165, 1.54) is 0 Å². The molecule has 1 heterocycles. The summed E-state index contributed by atoms with van der Waals surface area (Å²) in [5.74, 6) is -1.91. The highest BCUT2D eigenvalue weighted by Crippen LogP contribution is 2.38. The highest BCUT2D eigenvalue weighted by atomic mass is 127. The number of primary amides is 1. The number of carbonyl (C=O) groups excluding carboxylic acids is 2. The van der Waals surface area contributed by atoms with E-state index in [0.29, 0.717) is 11.6 Å². The molecule has 1 amide bonds. The molecule has 31 heavy (non-hydrogen) atoms. The van der Waals surface area contributed by atoms with Crippen LogP contribution in [-0.2, 0) is 4.74 Å². The zero-order valence-electron chi connectivity index (χ0n) is 16.3. The lowest BCUT2D eigenvalue weighted by Gasteiger charge is -2.14. The van der Waals surface area contributed by atoms with Crippen molar-refractivity contribution in [2.45, 2.75) is 19.8 Å². The lowest BCUT2D eigenvalue weighted by molar-refractivity contribution is -0.383. The molecule has 3 aromatic rings. The number of amides is 1. The minimum absolute atomic E-state index is 0.0926. The highest BCUT2D eigenvalue weighted by molar-refractivity contribution is 14.1. The number of oxazole rings is 1. The number of aromatic nitrogens is 1. The summed E-state index contributed by atoms with van der Waals surface area (Å²) >= 11 is 2.17. The molecule has 160 valence electrons. The Balaban J connectivity index is 1.90. The molecule has 0 saturated heterocycles. The zero-order valence-corrected chi connectivity index (χ0v) is 18.5. The summed E-state index contributed by atoms with van der Waals surface area (Å²) in [6.45, 7) is 2.10. The van der Waals surface area contributed by atoms with Crippen LogP contribution in [0.1, 0.15) is 39.4 Å². The van der Waals surface area contributed by atoms with Crippen molar-refractivity contribution in [2.24, 2.45) is 11.7 Å². The lowest BCUT2D eigenvalue weighted by atomic mass is 10.1. The van der Waals surface area contributed by atoms with Gasteiger partial charge in [-0.2, -0.15) is 4.98 Å². The van der Waals surface area contributed by atoms with E-state index in [9.17, 15) is 19.7 Å². The standard InChI is InChI=1S/C20H17IN4O6/c1-9-6-11(21)4-5-13(9)23-15-12(20(27)30-8-10-2-3-10)7-14(25(28)29)16-17(15)31-19(24-16)18(22)26/h4-7,10,23H,2-3,8H2,1H3,(H2,22,26). The predicted octanol–water partition coefficient (Wildman–Crippen LogP) is 4.06. The molecule has 10 nitrogen and oxygen atoms in total. The van der Waals surface area contributed by atoms with Crippen LogP contribution in [0, 0.1) is 26.5 Å². The molecule has 4 rings (SSSR count). The Bertz CT molecular complexity index is 1230. The Morgan fingerprint density at radius 1 is 1.39 bits per heavy atom. The van der Waals surface area contributed by atoms with Crippen molar-refractivity contribution in [3.63, 3.8) is 0 Å². The lowest BCUT2D eigenvalue weighted by Crippen LogP contribution is -2.11. The zero-order chi connectivity index (χ0) is 22.3. The number of rotatable bonds is 7. The van der Waals surface area contributed by atoms with Gasteiger partial charge in [0.2, 0.25) is 0 Å². The molecule has 0 spiro atoms. The molecule has 0 radical (unpaired) electrons. The van der Waals surface area contributed by atoms with Crippen molar-refractivity contribution >= 4 is 62.6 Å². The van der Waals surface area contributed by atoms with Gasteiger partial charge >= 0.3 is 11.9 Å². The number of ether oxygens (including phenoxy) is 1. The molecule has 0 bridgehead atoms. The summed E-state index contributed by atoms with van der Waals surface area (Å²) in [5, 5.41) is 14.7. The molecule has 2 aromatic carbocycles. The number of nitrogens with zero attached hydrogens (tertiary/aromatic N) is 2. The highest BCUT2D eigenvalue weighted by Gasteiger charge is 2.31. The minimum atomic E-state index is -0.986. The second-order valence-corrected chi connectivity index (χ2v) is 8.51. The van der Waals surface area contributed by atoms with Gasteiger partial charge < -0.3 is 20.2 Å². The second kappa shape index (κ2) is 8.13. The molecule has 11 heteroatoms. The molecule has 3 N–H and O–H groups in total. The van der Waals surface area contributed by atoms with Crippen LogP contribution in [0.25, 0.3) is 11.1 Å². The predicted molar refractivity (Wildman–Crippen MR) is 119 cm³/mol. The summed E-state index contributed by atoms with van der Waals surface area (Å²) in [4.78, 5) is 39.3. The summed E-state index contributed by atoms with van der Waals surface area (Å²) in [6, 6.07) is 6.66. The van der Waals surface area contributed by atoms with Crippen LogP contribution in [0.5, 0.6) is 0 Å². The van der Waals surface area contributed by atoms with Gasteiger partial charge in [0, 0.05) is 15.3 Å². The Morgan fingerprint density at radius 2 is 2.13 bits per heavy atom. The Labute approximate surface area is 189 Å². The van der Waals surface area contributed by atoms with Gasteiger partial charge in [-0.05, 0) is 72.0 Å². The third-order valence-electron chi connectivity index (χ3n) is 4.87. The van der Waals surface area contributed by atoms with Crippen LogP contribution in [0.2, 0.25) is 0 Å². The number of nitro groups is 1. The fourth-order valence-corrected chi connectivity index (χ4v) is 3.70. The van der Waals surface area contributed by atoms with Gasteiger partial charge in [0.25, 0.3) is 11.6 Å². The summed E-state index contributed by atoms with van der Waals surface area (Å²) < 4.78 is 11.8. The van der Waals surface area contributed by atoms with E-state index >= 15 is 0 Å². The fraction of sp³-hybridized carbons (Fsp3) is 0.250. The molecule has 0 aliphatic heterocycles. The van der Waals surface area contributed by atoms with E-state index in [1.54, 1.807) is 6.07 Å². The maximum absolute atomic E-state index is 12.8. The van der Waals surface area contributed by atoms with E-state index in [2.05, 4.69) is 32.9 Å². The van der Waals surface area contributed by atoms with Crippen molar-refractivity contribution in [2.75, 3.05) is 11.9 Å². The molecule has 1 aromatic heterocycles. The first kappa shape index (κ1) is 21.0. The van der Waals surface area contributed by atoms with Gasteiger partial charge in [-0.1, -0.05) is 0 Å². The molecular formula is C20H17IN4O6. The van der Waals surface area contributed by atoms with Crippen LogP contribution in [0.4, 0.5) is 17.1 Å². The van der Waals surface area contributed by atoms with Crippen LogP contribution >= 0.6 is 22.6 Å². The maximum Gasteiger partial charge on any atom is 0.340 e. The molecule has 1 aliphatic rings. The summed E-state index contributed by atoms with van der Waals surface area (Å²) in [7, 11) is 0. The largest absolute Gasteiger partial charge is 0.462 e. The summed E-state index contributed by atoms with van der Waals surface area (Å²) in [5.41, 5.74) is 5.98. The van der Waals surface area contributed by atoms with Gasteiger partial charge in [0.15, 0.2) is 11.1 Å². The van der Waals surface area contributed by atoms with Crippen LogP contribution in [0.15, 0.2) is 28.7 Å². The van der Waals surface area contributed by atoms with Gasteiger partial charge in [0.1, 0.15) is 0 Å². The van der Waals surface area contributed by atoms with Gasteiger partial charge in [-0.3, -0.25) is 14.9 Å². The van der Waals surface area contributed by atoms with Crippen LogP contribution in [-0.4, -0.2) is 28.4 Å². The quantitative estimate of drug-likeness (QED) is 0.199. The normalized spacial score (nSPS) is 13.2. The van der Waals surface area contributed by atoms with Crippen LogP contribution in [0.3, 0.4) is 0 Å². The number of non-ortho nitro benzene ring substituents is 1. The maximum atomic E-state index is 12.8. The van der Waals surface area contributed by atoms with Crippen LogP contribution < -0.4 is 11.1 Å². The molecule has 0 unspecified atom stereocenters. The topological polar surface area (TPSA) is 151 Å². The Kier molecular flexibility index (Phi) is 5.52. The van der Waals surface area contributed by atoms with E-state index in [4.69, 9.17) is 14.9 Å². The first-order chi connectivity index (χ1) is 14.7. The number of anilines is 2.